The molecule has 3 rings (SSSR count). The van der Waals surface area contributed by atoms with Gasteiger partial charge < -0.3 is 0 Å². The maximum atomic E-state index is 14.0. The highest BCUT2D eigenvalue weighted by molar-refractivity contribution is 9.10. The van der Waals surface area contributed by atoms with Crippen LogP contribution in [0.4, 0.5) is 17.6 Å². The van der Waals surface area contributed by atoms with Gasteiger partial charge in [-0.05, 0) is 40.2 Å². The zero-order chi connectivity index (χ0) is 17.4. The van der Waals surface area contributed by atoms with Gasteiger partial charge in [-0.3, -0.25) is 4.79 Å². The molecule has 1 heterocycles. The zero-order valence-corrected chi connectivity index (χ0v) is 13.3. The first-order chi connectivity index (χ1) is 11.4. The van der Waals surface area contributed by atoms with Gasteiger partial charge in [0, 0.05) is 11.6 Å². The molecular formula is C16H7BrF4N2O. The van der Waals surface area contributed by atoms with Crippen LogP contribution in [0.2, 0.25) is 0 Å². The smallest absolute Gasteiger partial charge is 0.168 e. The maximum Gasteiger partial charge on any atom is 0.168 e. The first-order valence-corrected chi connectivity index (χ1v) is 7.36. The van der Waals surface area contributed by atoms with Crippen LogP contribution in [0.5, 0.6) is 0 Å². The van der Waals surface area contributed by atoms with E-state index in [2.05, 4.69) is 21.0 Å². The van der Waals surface area contributed by atoms with Crippen molar-refractivity contribution in [3.63, 3.8) is 0 Å². The molecule has 0 bridgehead atoms. The van der Waals surface area contributed by atoms with Crippen molar-refractivity contribution in [1.82, 2.24) is 9.78 Å². The maximum absolute atomic E-state index is 14.0. The highest BCUT2D eigenvalue weighted by atomic mass is 79.9. The molecule has 0 radical (unpaired) electrons. The van der Waals surface area contributed by atoms with Gasteiger partial charge in [0.15, 0.2) is 17.9 Å². The van der Waals surface area contributed by atoms with E-state index >= 15 is 0 Å². The fourth-order valence-electron chi connectivity index (χ4n) is 2.23. The standard InChI is InChI=1S/C16H7BrF4N2O/c17-16-12(7-24)15(11-2-1-3-13(20)14(11)21)22-23(16)10-5-8(18)4-9(19)6-10/h1-7H. The first kappa shape index (κ1) is 16.4. The minimum atomic E-state index is -1.18. The molecule has 0 aliphatic rings. The van der Waals surface area contributed by atoms with Gasteiger partial charge in [0.1, 0.15) is 21.9 Å². The first-order valence-electron chi connectivity index (χ1n) is 6.57. The molecule has 0 unspecified atom stereocenters. The van der Waals surface area contributed by atoms with Gasteiger partial charge >= 0.3 is 0 Å². The Hall–Kier alpha value is -2.48. The lowest BCUT2D eigenvalue weighted by molar-refractivity contribution is 0.112. The van der Waals surface area contributed by atoms with E-state index in [1.54, 1.807) is 0 Å². The van der Waals surface area contributed by atoms with Crippen LogP contribution in [0, 0.1) is 23.3 Å². The molecular weight excluding hydrogens is 392 g/mol. The van der Waals surface area contributed by atoms with Gasteiger partial charge in [0.25, 0.3) is 0 Å². The van der Waals surface area contributed by atoms with Crippen LogP contribution in [0.3, 0.4) is 0 Å². The molecule has 0 aliphatic heterocycles. The lowest BCUT2D eigenvalue weighted by Crippen LogP contribution is -1.99. The zero-order valence-electron chi connectivity index (χ0n) is 11.7. The lowest BCUT2D eigenvalue weighted by atomic mass is 10.1. The van der Waals surface area contributed by atoms with Crippen molar-refractivity contribution < 1.29 is 22.4 Å². The number of hydrogen-bond acceptors (Lipinski definition) is 2. The SMILES string of the molecule is O=Cc1c(-c2cccc(F)c2F)nn(-c2cc(F)cc(F)c2)c1Br. The Morgan fingerprint density at radius 3 is 2.33 bits per heavy atom. The molecule has 8 heteroatoms. The summed E-state index contributed by atoms with van der Waals surface area (Å²) < 4.78 is 55.3. The summed E-state index contributed by atoms with van der Waals surface area (Å²) in [6, 6.07) is 6.08. The summed E-state index contributed by atoms with van der Waals surface area (Å²) in [5.41, 5.74) is -0.498. The van der Waals surface area contributed by atoms with Crippen molar-refractivity contribution in [2.75, 3.05) is 0 Å². The number of hydrogen-bond donors (Lipinski definition) is 0. The molecule has 0 N–H and O–H groups in total. The van der Waals surface area contributed by atoms with E-state index in [0.717, 1.165) is 22.9 Å². The van der Waals surface area contributed by atoms with E-state index in [1.165, 1.54) is 12.1 Å². The topological polar surface area (TPSA) is 34.9 Å². The van der Waals surface area contributed by atoms with Crippen LogP contribution in [-0.4, -0.2) is 16.1 Å². The molecule has 3 nitrogen and oxygen atoms in total. The molecule has 0 fully saturated rings. The molecule has 1 aromatic heterocycles. The van der Waals surface area contributed by atoms with Crippen molar-refractivity contribution in [1.29, 1.82) is 0 Å². The van der Waals surface area contributed by atoms with Crippen molar-refractivity contribution in [2.24, 2.45) is 0 Å². The number of carbonyl (C=O) groups excluding carboxylic acids is 1. The number of benzene rings is 2. The van der Waals surface area contributed by atoms with Gasteiger partial charge in [0.05, 0.1) is 11.3 Å². The quantitative estimate of drug-likeness (QED) is 0.474. The molecule has 0 saturated heterocycles. The molecule has 0 saturated carbocycles. The summed E-state index contributed by atoms with van der Waals surface area (Å²) in [4.78, 5) is 11.3. The molecule has 0 aliphatic carbocycles. The summed E-state index contributed by atoms with van der Waals surface area (Å²) in [7, 11) is 0. The number of halogens is 5. The van der Waals surface area contributed by atoms with E-state index in [1.807, 2.05) is 0 Å². The summed E-state index contributed by atoms with van der Waals surface area (Å²) in [5, 5.41) is 4.00. The highest BCUT2D eigenvalue weighted by Gasteiger charge is 2.22. The second-order valence-electron chi connectivity index (χ2n) is 4.81. The van der Waals surface area contributed by atoms with Gasteiger partial charge in [0.2, 0.25) is 0 Å². The summed E-state index contributed by atoms with van der Waals surface area (Å²) in [6.07, 6.45) is 0.392. The molecule has 0 amide bonds. The Balaban J connectivity index is 2.27. The Bertz CT molecular complexity index is 935. The third kappa shape index (κ3) is 2.73. The number of aldehydes is 1. The van der Waals surface area contributed by atoms with Gasteiger partial charge in [-0.25, -0.2) is 22.2 Å². The van der Waals surface area contributed by atoms with E-state index < -0.39 is 23.3 Å². The molecule has 0 atom stereocenters. The fraction of sp³-hybridized carbons (Fsp3) is 0. The average Bonchev–Trinajstić information content (AvgIpc) is 2.85. The van der Waals surface area contributed by atoms with Crippen LogP contribution in [-0.2, 0) is 0 Å². The highest BCUT2D eigenvalue weighted by Crippen LogP contribution is 2.32. The predicted molar refractivity (Wildman–Crippen MR) is 81.9 cm³/mol. The van der Waals surface area contributed by atoms with Crippen molar-refractivity contribution in [3.05, 3.63) is 69.8 Å². The fourth-order valence-corrected chi connectivity index (χ4v) is 2.80. The van der Waals surface area contributed by atoms with Crippen LogP contribution in [0.25, 0.3) is 16.9 Å². The molecule has 2 aromatic carbocycles. The van der Waals surface area contributed by atoms with Gasteiger partial charge in [-0.2, -0.15) is 5.10 Å². The molecule has 122 valence electrons. The Kier molecular flexibility index (Phi) is 4.23. The Morgan fingerprint density at radius 2 is 1.71 bits per heavy atom. The van der Waals surface area contributed by atoms with Crippen molar-refractivity contribution >= 4 is 22.2 Å². The monoisotopic (exact) mass is 398 g/mol. The van der Waals surface area contributed by atoms with E-state index in [4.69, 9.17) is 0 Å². The largest absolute Gasteiger partial charge is 0.298 e. The third-order valence-corrected chi connectivity index (χ3v) is 4.04. The molecule has 0 spiro atoms. The number of nitrogens with zero attached hydrogens (tertiary/aromatic N) is 2. The average molecular weight is 399 g/mol. The normalized spacial score (nSPS) is 10.9. The Labute approximate surface area is 141 Å². The van der Waals surface area contributed by atoms with Gasteiger partial charge in [-0.15, -0.1) is 0 Å². The minimum absolute atomic E-state index is 0.0227. The minimum Gasteiger partial charge on any atom is -0.298 e. The van der Waals surface area contributed by atoms with Crippen molar-refractivity contribution in [3.8, 4) is 16.9 Å². The van der Waals surface area contributed by atoms with Crippen LogP contribution in [0.15, 0.2) is 41.0 Å². The van der Waals surface area contributed by atoms with Crippen molar-refractivity contribution in [2.45, 2.75) is 0 Å². The summed E-state index contributed by atoms with van der Waals surface area (Å²) in [5.74, 6) is -3.98. The number of aromatic nitrogens is 2. The van der Waals surface area contributed by atoms with Crippen LogP contribution >= 0.6 is 15.9 Å². The number of carbonyl (C=O) groups is 1. The summed E-state index contributed by atoms with van der Waals surface area (Å²) in [6.45, 7) is 0. The molecule has 24 heavy (non-hydrogen) atoms. The lowest BCUT2D eigenvalue weighted by Gasteiger charge is -2.04. The predicted octanol–water partition coefficient (Wildman–Crippen LogP) is 4.67. The molecule has 3 aromatic rings. The Morgan fingerprint density at radius 1 is 1.04 bits per heavy atom. The van der Waals surface area contributed by atoms with Crippen LogP contribution in [0.1, 0.15) is 10.4 Å². The second kappa shape index (κ2) is 6.20. The van der Waals surface area contributed by atoms with Gasteiger partial charge in [-0.1, -0.05) is 6.07 Å². The van der Waals surface area contributed by atoms with E-state index in [-0.39, 0.29) is 27.1 Å². The van der Waals surface area contributed by atoms with E-state index in [9.17, 15) is 22.4 Å². The number of rotatable bonds is 3. The van der Waals surface area contributed by atoms with Crippen LogP contribution < -0.4 is 0 Å². The second-order valence-corrected chi connectivity index (χ2v) is 5.56. The summed E-state index contributed by atoms with van der Waals surface area (Å²) >= 11 is 3.10. The third-order valence-electron chi connectivity index (χ3n) is 3.28. The van der Waals surface area contributed by atoms with E-state index in [0.29, 0.717) is 12.4 Å².